The first-order valence-electron chi connectivity index (χ1n) is 9.63. The lowest BCUT2D eigenvalue weighted by Gasteiger charge is -2.25. The van der Waals surface area contributed by atoms with E-state index in [1.54, 1.807) is 60.7 Å². The summed E-state index contributed by atoms with van der Waals surface area (Å²) in [6.07, 6.45) is 0. The maximum Gasteiger partial charge on any atom is 0.264 e. The molecule has 3 rings (SSSR count). The summed E-state index contributed by atoms with van der Waals surface area (Å²) < 4.78 is 43.7. The van der Waals surface area contributed by atoms with Gasteiger partial charge in [-0.25, -0.2) is 8.42 Å². The van der Waals surface area contributed by atoms with Gasteiger partial charge in [-0.1, -0.05) is 30.3 Å². The Morgan fingerprint density at radius 2 is 1.50 bits per heavy atom. The van der Waals surface area contributed by atoms with E-state index in [0.29, 0.717) is 22.9 Å². The second kappa shape index (κ2) is 10.1. The van der Waals surface area contributed by atoms with Crippen LogP contribution in [0.4, 0.5) is 11.4 Å². The van der Waals surface area contributed by atoms with Gasteiger partial charge in [0.25, 0.3) is 10.0 Å². The van der Waals surface area contributed by atoms with Gasteiger partial charge in [0.1, 0.15) is 23.8 Å². The molecule has 1 N–H and O–H groups in total. The molecule has 3 aromatic rings. The van der Waals surface area contributed by atoms with Crippen LogP contribution in [0.2, 0.25) is 0 Å². The Bertz CT molecular complexity index is 1180. The standard InChI is InChI=1S/C23H24N2O6S/c1-29-17-13-14-19(22(15-17)31-3)24-23(26)16-25(20-11-7-8-12-21(20)30-2)32(27,28)18-9-5-4-6-10-18/h4-15H,16H2,1-3H3,(H,24,26). The average Bonchev–Trinajstić information content (AvgIpc) is 2.83. The van der Waals surface area contributed by atoms with E-state index >= 15 is 0 Å². The first-order valence-corrected chi connectivity index (χ1v) is 11.1. The summed E-state index contributed by atoms with van der Waals surface area (Å²) in [5.41, 5.74) is 0.631. The zero-order valence-electron chi connectivity index (χ0n) is 17.9. The lowest BCUT2D eigenvalue weighted by molar-refractivity contribution is -0.114. The second-order valence-corrected chi connectivity index (χ2v) is 8.47. The number of sulfonamides is 1. The molecular formula is C23H24N2O6S. The van der Waals surface area contributed by atoms with E-state index in [0.717, 1.165) is 4.31 Å². The van der Waals surface area contributed by atoms with Crippen LogP contribution in [0.3, 0.4) is 0 Å². The summed E-state index contributed by atoms with van der Waals surface area (Å²) in [6, 6.07) is 19.4. The van der Waals surface area contributed by atoms with E-state index in [1.165, 1.54) is 33.5 Å². The van der Waals surface area contributed by atoms with E-state index in [4.69, 9.17) is 14.2 Å². The summed E-state index contributed by atoms with van der Waals surface area (Å²) in [7, 11) is 0.364. The maximum atomic E-state index is 13.4. The Kier molecular flexibility index (Phi) is 7.21. The molecule has 8 nitrogen and oxygen atoms in total. The van der Waals surface area contributed by atoms with Gasteiger partial charge in [-0.2, -0.15) is 0 Å². The molecule has 0 saturated heterocycles. The highest BCUT2D eigenvalue weighted by Gasteiger charge is 2.29. The van der Waals surface area contributed by atoms with Gasteiger partial charge in [0.2, 0.25) is 5.91 Å². The van der Waals surface area contributed by atoms with Gasteiger partial charge < -0.3 is 19.5 Å². The minimum Gasteiger partial charge on any atom is -0.497 e. The average molecular weight is 457 g/mol. The molecule has 9 heteroatoms. The summed E-state index contributed by atoms with van der Waals surface area (Å²) in [6.45, 7) is -0.479. The Balaban J connectivity index is 1.97. The number of para-hydroxylation sites is 2. The monoisotopic (exact) mass is 456 g/mol. The second-order valence-electron chi connectivity index (χ2n) is 6.61. The molecule has 0 radical (unpaired) electrons. The number of ether oxygens (including phenoxy) is 3. The van der Waals surface area contributed by atoms with Crippen molar-refractivity contribution in [1.29, 1.82) is 0 Å². The predicted molar refractivity (Wildman–Crippen MR) is 122 cm³/mol. The quantitative estimate of drug-likeness (QED) is 0.529. The van der Waals surface area contributed by atoms with E-state index in [-0.39, 0.29) is 10.6 Å². The van der Waals surface area contributed by atoms with Crippen LogP contribution in [0, 0.1) is 0 Å². The van der Waals surface area contributed by atoms with Crippen molar-refractivity contribution in [3.05, 3.63) is 72.8 Å². The van der Waals surface area contributed by atoms with Gasteiger partial charge in [0.05, 0.1) is 37.6 Å². The van der Waals surface area contributed by atoms with Crippen LogP contribution < -0.4 is 23.8 Å². The molecule has 0 aromatic heterocycles. The van der Waals surface area contributed by atoms with Crippen LogP contribution >= 0.6 is 0 Å². The first-order chi connectivity index (χ1) is 15.4. The highest BCUT2D eigenvalue weighted by atomic mass is 32.2. The van der Waals surface area contributed by atoms with Crippen molar-refractivity contribution >= 4 is 27.3 Å². The molecule has 3 aromatic carbocycles. The minimum absolute atomic E-state index is 0.0562. The number of carbonyl (C=O) groups excluding carboxylic acids is 1. The highest BCUT2D eigenvalue weighted by Crippen LogP contribution is 2.33. The van der Waals surface area contributed by atoms with Gasteiger partial charge in [-0.15, -0.1) is 0 Å². The van der Waals surface area contributed by atoms with Gasteiger partial charge in [0, 0.05) is 6.07 Å². The molecule has 0 fully saturated rings. The SMILES string of the molecule is COc1ccc(NC(=O)CN(c2ccccc2OC)S(=O)(=O)c2ccccc2)c(OC)c1. The molecule has 1 amide bonds. The van der Waals surface area contributed by atoms with Crippen molar-refractivity contribution in [2.75, 3.05) is 37.5 Å². The van der Waals surface area contributed by atoms with Gasteiger partial charge >= 0.3 is 0 Å². The number of anilines is 2. The van der Waals surface area contributed by atoms with Crippen molar-refractivity contribution in [2.45, 2.75) is 4.90 Å². The molecule has 0 aliphatic rings. The molecule has 0 atom stereocenters. The minimum atomic E-state index is -4.06. The van der Waals surface area contributed by atoms with Crippen molar-refractivity contribution in [3.8, 4) is 17.2 Å². The van der Waals surface area contributed by atoms with Crippen molar-refractivity contribution in [1.82, 2.24) is 0 Å². The fraction of sp³-hybridized carbons (Fsp3) is 0.174. The van der Waals surface area contributed by atoms with Gasteiger partial charge in [-0.05, 0) is 36.4 Å². The Morgan fingerprint density at radius 1 is 0.844 bits per heavy atom. The molecule has 0 aliphatic heterocycles. The van der Waals surface area contributed by atoms with Crippen LogP contribution in [0.5, 0.6) is 17.2 Å². The molecule has 0 unspecified atom stereocenters. The normalized spacial score (nSPS) is 10.8. The van der Waals surface area contributed by atoms with E-state index in [1.807, 2.05) is 0 Å². The van der Waals surface area contributed by atoms with Crippen LogP contribution in [-0.4, -0.2) is 42.2 Å². The van der Waals surface area contributed by atoms with Crippen LogP contribution in [0.25, 0.3) is 0 Å². The highest BCUT2D eigenvalue weighted by molar-refractivity contribution is 7.92. The third-order valence-corrected chi connectivity index (χ3v) is 6.43. The third kappa shape index (κ3) is 4.94. The fourth-order valence-electron chi connectivity index (χ4n) is 3.08. The lowest BCUT2D eigenvalue weighted by atomic mass is 10.2. The van der Waals surface area contributed by atoms with Crippen LogP contribution in [0.1, 0.15) is 0 Å². The zero-order valence-corrected chi connectivity index (χ0v) is 18.8. The molecule has 0 heterocycles. The Hall–Kier alpha value is -3.72. The van der Waals surface area contributed by atoms with Crippen LogP contribution in [-0.2, 0) is 14.8 Å². The number of methoxy groups -OCH3 is 3. The number of hydrogen-bond acceptors (Lipinski definition) is 6. The Labute approximate surface area is 187 Å². The molecule has 168 valence electrons. The number of rotatable bonds is 9. The van der Waals surface area contributed by atoms with Crippen molar-refractivity contribution in [3.63, 3.8) is 0 Å². The Morgan fingerprint density at radius 3 is 2.16 bits per heavy atom. The number of carbonyl (C=O) groups is 1. The van der Waals surface area contributed by atoms with E-state index < -0.39 is 22.5 Å². The number of hydrogen-bond donors (Lipinski definition) is 1. The molecule has 0 aliphatic carbocycles. The van der Waals surface area contributed by atoms with E-state index in [2.05, 4.69) is 5.32 Å². The maximum absolute atomic E-state index is 13.4. The fourth-order valence-corrected chi connectivity index (χ4v) is 4.53. The third-order valence-electron chi connectivity index (χ3n) is 4.66. The molecule has 0 bridgehead atoms. The topological polar surface area (TPSA) is 94.2 Å². The van der Waals surface area contributed by atoms with Gasteiger partial charge in [0.15, 0.2) is 0 Å². The summed E-state index contributed by atoms with van der Waals surface area (Å²) >= 11 is 0. The summed E-state index contributed by atoms with van der Waals surface area (Å²) in [5.74, 6) is 0.704. The number of amides is 1. The molecule has 0 spiro atoms. The number of nitrogens with one attached hydrogen (secondary N) is 1. The lowest BCUT2D eigenvalue weighted by Crippen LogP contribution is -2.38. The van der Waals surface area contributed by atoms with Crippen molar-refractivity contribution < 1.29 is 27.4 Å². The zero-order chi connectivity index (χ0) is 23.1. The summed E-state index contributed by atoms with van der Waals surface area (Å²) in [5, 5.41) is 2.71. The molecular weight excluding hydrogens is 432 g/mol. The first kappa shape index (κ1) is 23.0. The smallest absolute Gasteiger partial charge is 0.264 e. The predicted octanol–water partition coefficient (Wildman–Crippen LogP) is 3.55. The molecule has 32 heavy (non-hydrogen) atoms. The van der Waals surface area contributed by atoms with E-state index in [9.17, 15) is 13.2 Å². The van der Waals surface area contributed by atoms with Crippen LogP contribution in [0.15, 0.2) is 77.7 Å². The number of nitrogens with zero attached hydrogens (tertiary/aromatic N) is 1. The summed E-state index contributed by atoms with van der Waals surface area (Å²) in [4.78, 5) is 13.0. The largest absolute Gasteiger partial charge is 0.497 e. The molecule has 0 saturated carbocycles. The van der Waals surface area contributed by atoms with Gasteiger partial charge in [-0.3, -0.25) is 9.10 Å². The van der Waals surface area contributed by atoms with Crippen molar-refractivity contribution in [2.24, 2.45) is 0 Å². The number of benzene rings is 3.